The molecule has 0 aromatic heterocycles. The van der Waals surface area contributed by atoms with Crippen LogP contribution in [0.15, 0.2) is 72.8 Å². The molecular weight excluding hydrogens is 352 g/mol. The fraction of sp³-hybridized carbons (Fsp3) is 0. The molecule has 0 aliphatic heterocycles. The molecule has 0 heterocycles. The Hall–Kier alpha value is -3.99. The van der Waals surface area contributed by atoms with Gasteiger partial charge in [0.05, 0.1) is 11.4 Å². The topological polar surface area (TPSA) is 75.3 Å². The molecule has 0 radical (unpaired) electrons. The van der Waals surface area contributed by atoms with Crippen LogP contribution in [0.2, 0.25) is 0 Å². The molecule has 136 valence electrons. The Morgan fingerprint density at radius 2 is 1.32 bits per heavy atom. The van der Waals surface area contributed by atoms with Crippen LogP contribution >= 0.6 is 0 Å². The summed E-state index contributed by atoms with van der Waals surface area (Å²) in [4.78, 5) is 35.6. The number of hydrogen-bond acceptors (Lipinski definition) is 3. The van der Waals surface area contributed by atoms with Crippen LogP contribution in [0.3, 0.4) is 0 Å². The number of carbonyl (C=O) groups is 3. The highest BCUT2D eigenvalue weighted by Crippen LogP contribution is 2.30. The summed E-state index contributed by atoms with van der Waals surface area (Å²) < 4.78 is 0. The van der Waals surface area contributed by atoms with Gasteiger partial charge < -0.3 is 10.6 Å². The molecule has 4 rings (SSSR count). The smallest absolute Gasteiger partial charge is 0.307 e. The van der Waals surface area contributed by atoms with Crippen molar-refractivity contribution < 1.29 is 14.4 Å². The number of urea groups is 1. The summed E-state index contributed by atoms with van der Waals surface area (Å²) in [5.41, 5.74) is 1.68. The van der Waals surface area contributed by atoms with E-state index in [0.29, 0.717) is 40.3 Å². The summed E-state index contributed by atoms with van der Waals surface area (Å²) in [6.07, 6.45) is 1.34. The number of anilines is 2. The van der Waals surface area contributed by atoms with Crippen molar-refractivity contribution in [3.05, 3.63) is 83.9 Å². The van der Waals surface area contributed by atoms with Gasteiger partial charge in [-0.25, -0.2) is 4.79 Å². The summed E-state index contributed by atoms with van der Waals surface area (Å²) in [5.74, 6) is 0. The first-order chi connectivity index (χ1) is 13.7. The maximum absolute atomic E-state index is 12.7. The molecule has 0 atom stereocenters. The first kappa shape index (κ1) is 17.4. The minimum Gasteiger partial charge on any atom is -0.307 e. The van der Waals surface area contributed by atoms with Crippen LogP contribution < -0.4 is 10.6 Å². The molecule has 28 heavy (non-hydrogen) atoms. The minimum atomic E-state index is -0.469. The van der Waals surface area contributed by atoms with E-state index >= 15 is 0 Å². The maximum atomic E-state index is 12.7. The van der Waals surface area contributed by atoms with Gasteiger partial charge in [0.1, 0.15) is 0 Å². The molecule has 5 nitrogen and oxygen atoms in total. The Kier molecular flexibility index (Phi) is 4.56. The van der Waals surface area contributed by atoms with Crippen molar-refractivity contribution in [1.82, 2.24) is 0 Å². The first-order valence-electron chi connectivity index (χ1n) is 8.73. The molecule has 5 heteroatoms. The van der Waals surface area contributed by atoms with Crippen molar-refractivity contribution in [3.8, 4) is 0 Å². The normalized spacial score (nSPS) is 10.6. The van der Waals surface area contributed by atoms with E-state index in [0.717, 1.165) is 10.8 Å². The number of rotatable bonds is 4. The van der Waals surface area contributed by atoms with E-state index in [1.807, 2.05) is 42.5 Å². The lowest BCUT2D eigenvalue weighted by Gasteiger charge is -2.14. The molecule has 0 unspecified atom stereocenters. The third kappa shape index (κ3) is 3.10. The van der Waals surface area contributed by atoms with Crippen molar-refractivity contribution in [3.63, 3.8) is 0 Å². The quantitative estimate of drug-likeness (QED) is 0.482. The van der Waals surface area contributed by atoms with Gasteiger partial charge in [-0.05, 0) is 22.9 Å². The van der Waals surface area contributed by atoms with Crippen molar-refractivity contribution in [2.75, 3.05) is 10.6 Å². The molecule has 0 fully saturated rings. The predicted octanol–water partition coefficient (Wildman–Crippen LogP) is 5.26. The highest BCUT2D eigenvalue weighted by Gasteiger charge is 2.14. The molecule has 4 aromatic rings. The number of amides is 2. The monoisotopic (exact) mass is 368 g/mol. The number of benzene rings is 4. The third-order valence-electron chi connectivity index (χ3n) is 4.64. The van der Waals surface area contributed by atoms with Crippen molar-refractivity contribution >= 4 is 51.5 Å². The van der Waals surface area contributed by atoms with Gasteiger partial charge in [0.2, 0.25) is 0 Å². The average Bonchev–Trinajstić information content (AvgIpc) is 2.74. The van der Waals surface area contributed by atoms with Crippen molar-refractivity contribution in [2.45, 2.75) is 0 Å². The lowest BCUT2D eigenvalue weighted by molar-refractivity contribution is 0.112. The second-order valence-electron chi connectivity index (χ2n) is 6.32. The minimum absolute atomic E-state index is 0.244. The lowest BCUT2D eigenvalue weighted by Crippen LogP contribution is -2.20. The summed E-state index contributed by atoms with van der Waals surface area (Å²) in [6.45, 7) is 0. The zero-order valence-electron chi connectivity index (χ0n) is 14.8. The van der Waals surface area contributed by atoms with Crippen LogP contribution in [0.5, 0.6) is 0 Å². The van der Waals surface area contributed by atoms with E-state index < -0.39 is 6.03 Å². The van der Waals surface area contributed by atoms with Gasteiger partial charge in [-0.15, -0.1) is 0 Å². The Labute approximate surface area is 161 Å². The van der Waals surface area contributed by atoms with E-state index in [1.54, 1.807) is 24.3 Å². The maximum Gasteiger partial charge on any atom is 0.323 e. The van der Waals surface area contributed by atoms with Gasteiger partial charge in [-0.3, -0.25) is 9.59 Å². The number of aldehydes is 2. The molecule has 2 amide bonds. The second kappa shape index (κ2) is 7.32. The molecule has 2 N–H and O–H groups in total. The second-order valence-corrected chi connectivity index (χ2v) is 6.32. The predicted molar refractivity (Wildman–Crippen MR) is 111 cm³/mol. The van der Waals surface area contributed by atoms with Gasteiger partial charge in [0.15, 0.2) is 12.6 Å². The molecule has 0 aliphatic rings. The molecule has 0 aliphatic carbocycles. The Balaban J connectivity index is 1.72. The first-order valence-corrected chi connectivity index (χ1v) is 8.73. The fourth-order valence-electron chi connectivity index (χ4n) is 3.36. The summed E-state index contributed by atoms with van der Waals surface area (Å²) in [5, 5.41) is 8.83. The van der Waals surface area contributed by atoms with E-state index in [2.05, 4.69) is 10.6 Å². The largest absolute Gasteiger partial charge is 0.323 e. The highest BCUT2D eigenvalue weighted by atomic mass is 16.2. The van der Waals surface area contributed by atoms with Gasteiger partial charge in [0, 0.05) is 21.9 Å². The van der Waals surface area contributed by atoms with Crippen LogP contribution in [0.1, 0.15) is 20.7 Å². The zero-order valence-corrected chi connectivity index (χ0v) is 14.8. The molecule has 0 spiro atoms. The molecule has 0 saturated heterocycles. The number of hydrogen-bond donors (Lipinski definition) is 2. The van der Waals surface area contributed by atoms with E-state index in [1.165, 1.54) is 6.07 Å². The standard InChI is InChI=1S/C23H16N2O3/c26-13-16-12-17(14-27)22(20-10-4-3-8-18(16)20)25-23(28)24-21-11-5-7-15-6-1-2-9-19(15)21/h1-14H,(H2,24,25,28). The molecule has 0 saturated carbocycles. The Bertz CT molecular complexity index is 1230. The number of fused-ring (bicyclic) bond motifs is 2. The van der Waals surface area contributed by atoms with Crippen LogP contribution in [-0.2, 0) is 0 Å². The van der Waals surface area contributed by atoms with Crippen LogP contribution in [0.4, 0.5) is 16.2 Å². The Morgan fingerprint density at radius 3 is 2.07 bits per heavy atom. The lowest BCUT2D eigenvalue weighted by atomic mass is 9.99. The van der Waals surface area contributed by atoms with Crippen LogP contribution in [0.25, 0.3) is 21.5 Å². The summed E-state index contributed by atoms with van der Waals surface area (Å²) in [7, 11) is 0. The fourth-order valence-corrected chi connectivity index (χ4v) is 3.36. The van der Waals surface area contributed by atoms with Gasteiger partial charge in [0.25, 0.3) is 0 Å². The number of nitrogens with one attached hydrogen (secondary N) is 2. The van der Waals surface area contributed by atoms with Gasteiger partial charge in [-0.1, -0.05) is 60.7 Å². The zero-order chi connectivity index (χ0) is 19.5. The van der Waals surface area contributed by atoms with E-state index in [-0.39, 0.29) is 5.56 Å². The molecule has 0 bridgehead atoms. The summed E-state index contributed by atoms with van der Waals surface area (Å²) in [6, 6.07) is 21.5. The van der Waals surface area contributed by atoms with E-state index in [4.69, 9.17) is 0 Å². The van der Waals surface area contributed by atoms with Crippen LogP contribution in [-0.4, -0.2) is 18.6 Å². The van der Waals surface area contributed by atoms with Gasteiger partial charge in [-0.2, -0.15) is 0 Å². The van der Waals surface area contributed by atoms with Crippen molar-refractivity contribution in [1.29, 1.82) is 0 Å². The third-order valence-corrected chi connectivity index (χ3v) is 4.64. The van der Waals surface area contributed by atoms with Crippen molar-refractivity contribution in [2.24, 2.45) is 0 Å². The average molecular weight is 368 g/mol. The Morgan fingerprint density at radius 1 is 0.679 bits per heavy atom. The van der Waals surface area contributed by atoms with Gasteiger partial charge >= 0.3 is 6.03 Å². The SMILES string of the molecule is O=Cc1cc(C=O)c2ccccc2c1NC(=O)Nc1cccc2ccccc12. The van der Waals surface area contributed by atoms with E-state index in [9.17, 15) is 14.4 Å². The summed E-state index contributed by atoms with van der Waals surface area (Å²) >= 11 is 0. The molecule has 4 aromatic carbocycles. The van der Waals surface area contributed by atoms with Crippen LogP contribution in [0, 0.1) is 0 Å². The highest BCUT2D eigenvalue weighted by molar-refractivity contribution is 6.15. The molecular formula is C23H16N2O3. The number of carbonyl (C=O) groups excluding carboxylic acids is 3.